The number of hydrogen-bond acceptors (Lipinski definition) is 5. The van der Waals surface area contributed by atoms with Crippen molar-refractivity contribution < 1.29 is 18.4 Å². The van der Waals surface area contributed by atoms with E-state index in [1.54, 1.807) is 31.4 Å². The molecule has 6 heteroatoms. The van der Waals surface area contributed by atoms with Crippen molar-refractivity contribution in [3.8, 4) is 0 Å². The number of Topliss-reactive ketones (excluding diaryl/α,β-unsaturated/α-hetero) is 1. The molecule has 1 saturated carbocycles. The van der Waals surface area contributed by atoms with Gasteiger partial charge in [-0.2, -0.15) is 0 Å². The Morgan fingerprint density at radius 3 is 2.66 bits per heavy atom. The first kappa shape index (κ1) is 20.1. The first-order valence-corrected chi connectivity index (χ1v) is 10.8. The lowest BCUT2D eigenvalue weighted by molar-refractivity contribution is -0.126. The molecule has 2 aliphatic rings. The number of halogens is 1. The summed E-state index contributed by atoms with van der Waals surface area (Å²) < 4.78 is 20.1. The van der Waals surface area contributed by atoms with Gasteiger partial charge in [-0.25, -0.2) is 4.39 Å². The van der Waals surface area contributed by atoms with Crippen LogP contribution >= 0.6 is 11.8 Å². The molecule has 1 aromatic carbocycles. The van der Waals surface area contributed by atoms with Crippen LogP contribution in [-0.2, 0) is 9.59 Å². The maximum absolute atomic E-state index is 14.6. The van der Waals surface area contributed by atoms with E-state index in [0.29, 0.717) is 24.4 Å². The van der Waals surface area contributed by atoms with Gasteiger partial charge in [0, 0.05) is 36.7 Å². The summed E-state index contributed by atoms with van der Waals surface area (Å²) in [5, 5.41) is 0.0969. The quantitative estimate of drug-likeness (QED) is 0.676. The number of likely N-dealkylation sites (tertiary alicyclic amines) is 1. The van der Waals surface area contributed by atoms with Crippen molar-refractivity contribution in [1.82, 2.24) is 4.90 Å². The Morgan fingerprint density at radius 2 is 2.00 bits per heavy atom. The Morgan fingerprint density at radius 1 is 1.21 bits per heavy atom. The highest BCUT2D eigenvalue weighted by Crippen LogP contribution is 2.40. The molecule has 4 rings (SSSR count). The molecule has 4 nitrogen and oxygen atoms in total. The molecule has 2 atom stereocenters. The van der Waals surface area contributed by atoms with Crippen LogP contribution in [0.15, 0.2) is 52.7 Å². The number of hydrogen-bond donors (Lipinski definition) is 0. The van der Waals surface area contributed by atoms with E-state index in [0.717, 1.165) is 24.8 Å². The maximum atomic E-state index is 14.6. The second kappa shape index (κ2) is 8.67. The maximum Gasteiger partial charge on any atom is 0.186 e. The van der Waals surface area contributed by atoms with Gasteiger partial charge in [-0.15, -0.1) is 0 Å². The number of furan rings is 1. The van der Waals surface area contributed by atoms with Crippen molar-refractivity contribution in [2.24, 2.45) is 5.92 Å². The van der Waals surface area contributed by atoms with Gasteiger partial charge in [-0.1, -0.05) is 30.0 Å². The highest BCUT2D eigenvalue weighted by Gasteiger charge is 2.41. The van der Waals surface area contributed by atoms with Crippen LogP contribution in [0, 0.1) is 11.7 Å². The summed E-state index contributed by atoms with van der Waals surface area (Å²) >= 11 is 1.31. The molecule has 1 aliphatic heterocycles. The second-order valence-corrected chi connectivity index (χ2v) is 9.07. The van der Waals surface area contributed by atoms with Gasteiger partial charge in [0.1, 0.15) is 11.6 Å². The van der Waals surface area contributed by atoms with Gasteiger partial charge in [0.05, 0.1) is 12.3 Å². The molecule has 2 unspecified atom stereocenters. The van der Waals surface area contributed by atoms with Crippen molar-refractivity contribution in [3.05, 3.63) is 65.4 Å². The van der Waals surface area contributed by atoms with Crippen LogP contribution in [-0.4, -0.2) is 34.1 Å². The standard InChI is InChI=1S/C23H24FNO3S/c1-15(26)29-21-10-11-25(14-17(21)13-18-5-4-12-28-18)22(23(27)16-8-9-16)19-6-2-3-7-20(19)24/h2-7,12-13,16,21-22H,8-11,14H2,1H3. The Bertz CT molecular complexity index is 920. The fraction of sp³-hybridized carbons (Fsp3) is 0.391. The summed E-state index contributed by atoms with van der Waals surface area (Å²) in [4.78, 5) is 26.9. The fourth-order valence-corrected chi connectivity index (χ4v) is 4.87. The third kappa shape index (κ3) is 4.70. The Balaban J connectivity index is 1.66. The molecule has 0 N–H and O–H groups in total. The average Bonchev–Trinajstić information content (AvgIpc) is 3.42. The largest absolute Gasteiger partial charge is 0.465 e. The molecule has 1 aromatic heterocycles. The molecule has 0 spiro atoms. The normalized spacial score (nSPS) is 22.6. The van der Waals surface area contributed by atoms with Gasteiger partial charge >= 0.3 is 0 Å². The number of carbonyl (C=O) groups excluding carboxylic acids is 2. The molecule has 2 heterocycles. The lowest BCUT2D eigenvalue weighted by Crippen LogP contribution is -2.43. The summed E-state index contributed by atoms with van der Waals surface area (Å²) in [6.45, 7) is 2.71. The van der Waals surface area contributed by atoms with Crippen LogP contribution in [0.25, 0.3) is 6.08 Å². The average molecular weight is 414 g/mol. The van der Waals surface area contributed by atoms with Crippen LogP contribution in [0.4, 0.5) is 4.39 Å². The number of thioether (sulfide) groups is 1. The number of piperidine rings is 1. The third-order valence-corrected chi connectivity index (χ3v) is 6.63. The van der Waals surface area contributed by atoms with Crippen LogP contribution in [0.1, 0.15) is 43.6 Å². The van der Waals surface area contributed by atoms with Gasteiger partial charge in [-0.05, 0) is 49.1 Å². The van der Waals surface area contributed by atoms with E-state index < -0.39 is 6.04 Å². The SMILES string of the molecule is CC(=O)SC1CCN(C(C(=O)C2CC2)c2ccccc2F)CC1=Cc1ccco1. The van der Waals surface area contributed by atoms with E-state index in [1.807, 2.05) is 18.2 Å². The summed E-state index contributed by atoms with van der Waals surface area (Å²) in [6, 6.07) is 9.66. The highest BCUT2D eigenvalue weighted by molar-refractivity contribution is 8.14. The molecule has 1 saturated heterocycles. The van der Waals surface area contributed by atoms with Crippen LogP contribution in [0.3, 0.4) is 0 Å². The lowest BCUT2D eigenvalue weighted by Gasteiger charge is -2.38. The molecule has 29 heavy (non-hydrogen) atoms. The minimum Gasteiger partial charge on any atom is -0.465 e. The van der Waals surface area contributed by atoms with E-state index in [2.05, 4.69) is 4.90 Å². The topological polar surface area (TPSA) is 50.5 Å². The second-order valence-electron chi connectivity index (χ2n) is 7.69. The van der Waals surface area contributed by atoms with Gasteiger partial charge in [-0.3, -0.25) is 14.5 Å². The number of carbonyl (C=O) groups is 2. The van der Waals surface area contributed by atoms with Crippen molar-refractivity contribution >= 4 is 28.7 Å². The summed E-state index contributed by atoms with van der Waals surface area (Å²) in [6.07, 6.45) is 6.05. The first-order valence-electron chi connectivity index (χ1n) is 9.96. The first-order chi connectivity index (χ1) is 14.0. The molecule has 2 fully saturated rings. The smallest absolute Gasteiger partial charge is 0.186 e. The summed E-state index contributed by atoms with van der Waals surface area (Å²) in [5.74, 6) is 0.502. The third-order valence-electron chi connectivity index (χ3n) is 5.47. The number of nitrogens with zero attached hydrogens (tertiary/aromatic N) is 1. The van der Waals surface area contributed by atoms with Crippen LogP contribution in [0.5, 0.6) is 0 Å². The number of rotatable bonds is 6. The predicted octanol–water partition coefficient (Wildman–Crippen LogP) is 4.88. The van der Waals surface area contributed by atoms with Crippen LogP contribution in [0.2, 0.25) is 0 Å². The zero-order valence-electron chi connectivity index (χ0n) is 16.3. The zero-order chi connectivity index (χ0) is 20.4. The van der Waals surface area contributed by atoms with Gasteiger partial charge in [0.15, 0.2) is 10.9 Å². The Kier molecular flexibility index (Phi) is 6.01. The molecule has 0 bridgehead atoms. The van der Waals surface area contributed by atoms with Gasteiger partial charge < -0.3 is 4.42 Å². The van der Waals surface area contributed by atoms with Gasteiger partial charge in [0.25, 0.3) is 0 Å². The molecule has 0 amide bonds. The van der Waals surface area contributed by atoms with Crippen molar-refractivity contribution in [2.45, 2.75) is 37.5 Å². The molecule has 2 aromatic rings. The molecule has 0 radical (unpaired) electrons. The van der Waals surface area contributed by atoms with Crippen LogP contribution < -0.4 is 0 Å². The molecule has 152 valence electrons. The highest BCUT2D eigenvalue weighted by atomic mass is 32.2. The number of ketones is 1. The lowest BCUT2D eigenvalue weighted by atomic mass is 9.93. The van der Waals surface area contributed by atoms with E-state index in [1.165, 1.54) is 17.8 Å². The monoisotopic (exact) mass is 413 g/mol. The summed E-state index contributed by atoms with van der Waals surface area (Å²) in [7, 11) is 0. The van der Waals surface area contributed by atoms with E-state index in [4.69, 9.17) is 4.42 Å². The minimum atomic E-state index is -0.591. The fourth-order valence-electron chi connectivity index (χ4n) is 3.95. The molecular weight excluding hydrogens is 389 g/mol. The predicted molar refractivity (Wildman–Crippen MR) is 112 cm³/mol. The molecular formula is C23H24FNO3S. The van der Waals surface area contributed by atoms with Crippen molar-refractivity contribution in [1.29, 1.82) is 0 Å². The van der Waals surface area contributed by atoms with Gasteiger partial charge in [0.2, 0.25) is 0 Å². The zero-order valence-corrected chi connectivity index (χ0v) is 17.2. The van der Waals surface area contributed by atoms with Crippen molar-refractivity contribution in [3.63, 3.8) is 0 Å². The Labute approximate surface area is 174 Å². The van der Waals surface area contributed by atoms with Crippen molar-refractivity contribution in [2.75, 3.05) is 13.1 Å². The van der Waals surface area contributed by atoms with E-state index >= 15 is 0 Å². The minimum absolute atomic E-state index is 0.0291. The summed E-state index contributed by atoms with van der Waals surface area (Å²) in [5.41, 5.74) is 1.47. The van der Waals surface area contributed by atoms with E-state index in [-0.39, 0.29) is 27.9 Å². The molecule has 1 aliphatic carbocycles. The Hall–Kier alpha value is -2.18. The number of benzene rings is 1. The van der Waals surface area contributed by atoms with E-state index in [9.17, 15) is 14.0 Å².